The molecule has 0 fully saturated rings. The molecule has 0 saturated carbocycles. The van der Waals surface area contributed by atoms with Gasteiger partial charge in [-0.2, -0.15) is 0 Å². The van der Waals surface area contributed by atoms with E-state index < -0.39 is 0 Å². The average Bonchev–Trinajstić information content (AvgIpc) is 2.39. The van der Waals surface area contributed by atoms with Crippen molar-refractivity contribution in [3.05, 3.63) is 48.3 Å². The highest BCUT2D eigenvalue weighted by Crippen LogP contribution is 2.23. The van der Waals surface area contributed by atoms with Crippen LogP contribution < -0.4 is 5.73 Å². The molecule has 1 heterocycles. The van der Waals surface area contributed by atoms with Crippen LogP contribution in [0.4, 0.5) is 5.69 Å². The summed E-state index contributed by atoms with van der Waals surface area (Å²) in [6.07, 6.45) is 3.39. The molecule has 2 N–H and O–H groups in total. The van der Waals surface area contributed by atoms with Gasteiger partial charge in [-0.25, -0.2) is 4.79 Å². The smallest absolute Gasteiger partial charge is 0.338 e. The maximum Gasteiger partial charge on any atom is 0.338 e. The molecule has 92 valence electrons. The highest BCUT2D eigenvalue weighted by atomic mass is 16.5. The third-order valence-corrected chi connectivity index (χ3v) is 2.48. The molecule has 0 saturated heterocycles. The number of anilines is 1. The first-order valence-electron chi connectivity index (χ1n) is 5.69. The van der Waals surface area contributed by atoms with Gasteiger partial charge in [-0.1, -0.05) is 0 Å². The molecule has 0 bridgehead atoms. The lowest BCUT2D eigenvalue weighted by Crippen LogP contribution is -2.05. The van der Waals surface area contributed by atoms with Gasteiger partial charge < -0.3 is 10.5 Å². The van der Waals surface area contributed by atoms with Crippen LogP contribution in [0.2, 0.25) is 0 Å². The topological polar surface area (TPSA) is 65.2 Å². The predicted molar refractivity (Wildman–Crippen MR) is 70.0 cm³/mol. The van der Waals surface area contributed by atoms with Crippen LogP contribution in [0.5, 0.6) is 0 Å². The van der Waals surface area contributed by atoms with Crippen molar-refractivity contribution in [2.75, 3.05) is 12.3 Å². The number of esters is 1. The average molecular weight is 242 g/mol. The van der Waals surface area contributed by atoms with Gasteiger partial charge in [-0.15, -0.1) is 0 Å². The molecule has 4 nitrogen and oxygen atoms in total. The van der Waals surface area contributed by atoms with Gasteiger partial charge in [-0.3, -0.25) is 4.98 Å². The molecule has 0 radical (unpaired) electrons. The Kier molecular flexibility index (Phi) is 3.57. The molecule has 2 rings (SSSR count). The number of carbonyl (C=O) groups is 1. The van der Waals surface area contributed by atoms with Crippen LogP contribution in [0.1, 0.15) is 17.3 Å². The molecule has 0 unspecified atom stereocenters. The molecule has 0 aliphatic rings. The Morgan fingerprint density at radius 1 is 1.22 bits per heavy atom. The first-order chi connectivity index (χ1) is 8.70. The minimum Gasteiger partial charge on any atom is -0.462 e. The van der Waals surface area contributed by atoms with Crippen molar-refractivity contribution >= 4 is 11.7 Å². The van der Waals surface area contributed by atoms with Crippen molar-refractivity contribution in [2.45, 2.75) is 6.92 Å². The minimum atomic E-state index is -0.361. The lowest BCUT2D eigenvalue weighted by Gasteiger charge is -2.07. The van der Waals surface area contributed by atoms with E-state index in [0.29, 0.717) is 17.9 Å². The van der Waals surface area contributed by atoms with Crippen molar-refractivity contribution in [3.8, 4) is 11.1 Å². The van der Waals surface area contributed by atoms with Crippen molar-refractivity contribution in [1.82, 2.24) is 4.98 Å². The minimum absolute atomic E-state index is 0.345. The van der Waals surface area contributed by atoms with Crippen molar-refractivity contribution < 1.29 is 9.53 Å². The van der Waals surface area contributed by atoms with Gasteiger partial charge in [-0.05, 0) is 48.4 Å². The maximum absolute atomic E-state index is 11.7. The van der Waals surface area contributed by atoms with Crippen molar-refractivity contribution in [3.63, 3.8) is 0 Å². The lowest BCUT2D eigenvalue weighted by molar-refractivity contribution is 0.0526. The summed E-state index contributed by atoms with van der Waals surface area (Å²) in [6, 6.07) is 8.93. The fraction of sp³-hybridized carbons (Fsp3) is 0.143. The molecular weight excluding hydrogens is 228 g/mol. The summed E-state index contributed by atoms with van der Waals surface area (Å²) in [5, 5.41) is 0. The fourth-order valence-electron chi connectivity index (χ4n) is 1.69. The Bertz CT molecular complexity index is 553. The number of benzene rings is 1. The van der Waals surface area contributed by atoms with Crippen LogP contribution in [0, 0.1) is 0 Å². The third-order valence-electron chi connectivity index (χ3n) is 2.48. The number of nitrogens with two attached hydrogens (primary N) is 1. The normalized spacial score (nSPS) is 10.1. The number of aromatic nitrogens is 1. The van der Waals surface area contributed by atoms with Crippen LogP contribution in [0.15, 0.2) is 42.7 Å². The highest BCUT2D eigenvalue weighted by molar-refractivity contribution is 5.92. The number of carbonyl (C=O) groups excluding carboxylic acids is 1. The quantitative estimate of drug-likeness (QED) is 0.663. The first-order valence-corrected chi connectivity index (χ1v) is 5.69. The van der Waals surface area contributed by atoms with Crippen molar-refractivity contribution in [1.29, 1.82) is 0 Å². The standard InChI is InChI=1S/C14H14N2O2/c1-2-18-14(17)12-7-11(8-13(15)9-12)10-3-5-16-6-4-10/h3-9H,2,15H2,1H3. The van der Waals surface area contributed by atoms with Crippen LogP contribution in [-0.4, -0.2) is 17.6 Å². The van der Waals surface area contributed by atoms with E-state index in [9.17, 15) is 4.79 Å². The fourth-order valence-corrected chi connectivity index (χ4v) is 1.69. The van der Waals surface area contributed by atoms with E-state index in [1.807, 2.05) is 18.2 Å². The molecular formula is C14H14N2O2. The number of pyridine rings is 1. The van der Waals surface area contributed by atoms with E-state index in [4.69, 9.17) is 10.5 Å². The van der Waals surface area contributed by atoms with E-state index in [1.54, 1.807) is 31.5 Å². The summed E-state index contributed by atoms with van der Waals surface area (Å²) < 4.78 is 4.97. The Balaban J connectivity index is 2.41. The molecule has 0 amide bonds. The number of ether oxygens (including phenoxy) is 1. The number of hydrogen-bond acceptors (Lipinski definition) is 4. The second-order valence-electron chi connectivity index (χ2n) is 3.80. The SMILES string of the molecule is CCOC(=O)c1cc(N)cc(-c2ccncc2)c1. The Hall–Kier alpha value is -2.36. The summed E-state index contributed by atoms with van der Waals surface area (Å²) in [5.74, 6) is -0.361. The number of rotatable bonds is 3. The zero-order chi connectivity index (χ0) is 13.0. The molecule has 0 aliphatic heterocycles. The summed E-state index contributed by atoms with van der Waals surface area (Å²) in [7, 11) is 0. The zero-order valence-corrected chi connectivity index (χ0v) is 10.1. The molecule has 4 heteroatoms. The zero-order valence-electron chi connectivity index (χ0n) is 10.1. The molecule has 1 aromatic heterocycles. The van der Waals surface area contributed by atoms with Crippen LogP contribution in [0.25, 0.3) is 11.1 Å². The largest absolute Gasteiger partial charge is 0.462 e. The summed E-state index contributed by atoms with van der Waals surface area (Å²) >= 11 is 0. The Morgan fingerprint density at radius 2 is 1.94 bits per heavy atom. The molecule has 0 spiro atoms. The van der Waals surface area contributed by atoms with Gasteiger partial charge in [0.25, 0.3) is 0 Å². The summed E-state index contributed by atoms with van der Waals surface area (Å²) in [6.45, 7) is 2.12. The van der Waals surface area contributed by atoms with Crippen LogP contribution >= 0.6 is 0 Å². The third kappa shape index (κ3) is 2.66. The van der Waals surface area contributed by atoms with Gasteiger partial charge >= 0.3 is 5.97 Å². The van der Waals surface area contributed by atoms with Gasteiger partial charge in [0.15, 0.2) is 0 Å². The van der Waals surface area contributed by atoms with E-state index >= 15 is 0 Å². The second kappa shape index (κ2) is 5.31. The second-order valence-corrected chi connectivity index (χ2v) is 3.80. The number of hydrogen-bond donors (Lipinski definition) is 1. The van der Waals surface area contributed by atoms with E-state index in [0.717, 1.165) is 11.1 Å². The number of nitrogen functional groups attached to an aromatic ring is 1. The van der Waals surface area contributed by atoms with E-state index in [1.165, 1.54) is 0 Å². The van der Waals surface area contributed by atoms with Crippen LogP contribution in [-0.2, 0) is 4.74 Å². The van der Waals surface area contributed by atoms with E-state index in [2.05, 4.69) is 4.98 Å². The summed E-state index contributed by atoms with van der Waals surface area (Å²) in [5.41, 5.74) is 8.64. The lowest BCUT2D eigenvalue weighted by atomic mass is 10.0. The van der Waals surface area contributed by atoms with Gasteiger partial charge in [0.2, 0.25) is 0 Å². The molecule has 2 aromatic rings. The first kappa shape index (κ1) is 12.1. The predicted octanol–water partition coefficient (Wildman–Crippen LogP) is 2.51. The monoisotopic (exact) mass is 242 g/mol. The maximum atomic E-state index is 11.7. The molecule has 0 aliphatic carbocycles. The Morgan fingerprint density at radius 3 is 2.61 bits per heavy atom. The molecule has 18 heavy (non-hydrogen) atoms. The van der Waals surface area contributed by atoms with Gasteiger partial charge in [0.05, 0.1) is 12.2 Å². The van der Waals surface area contributed by atoms with Crippen molar-refractivity contribution in [2.24, 2.45) is 0 Å². The molecule has 1 aromatic carbocycles. The van der Waals surface area contributed by atoms with E-state index in [-0.39, 0.29) is 5.97 Å². The highest BCUT2D eigenvalue weighted by Gasteiger charge is 2.09. The Labute approximate surface area is 105 Å². The summed E-state index contributed by atoms with van der Waals surface area (Å²) in [4.78, 5) is 15.6. The molecule has 0 atom stereocenters. The van der Waals surface area contributed by atoms with Crippen LogP contribution in [0.3, 0.4) is 0 Å². The van der Waals surface area contributed by atoms with Gasteiger partial charge in [0.1, 0.15) is 0 Å². The number of nitrogens with zero attached hydrogens (tertiary/aromatic N) is 1. The van der Waals surface area contributed by atoms with Gasteiger partial charge in [0, 0.05) is 18.1 Å².